The average Bonchev–Trinajstić information content (AvgIpc) is 2.88. The number of fused-ring (bicyclic) bond motifs is 1. The van der Waals surface area contributed by atoms with Crippen LogP contribution in [0.2, 0.25) is 5.02 Å². The van der Waals surface area contributed by atoms with E-state index < -0.39 is 6.09 Å². The van der Waals surface area contributed by atoms with Gasteiger partial charge in [0.1, 0.15) is 11.9 Å². The number of amides is 1. The first-order valence-electron chi connectivity index (χ1n) is 7.59. The quantitative estimate of drug-likeness (QED) is 0.888. The van der Waals surface area contributed by atoms with Crippen LogP contribution in [0, 0.1) is 0 Å². The van der Waals surface area contributed by atoms with Crippen LogP contribution < -0.4 is 10.1 Å². The van der Waals surface area contributed by atoms with Gasteiger partial charge < -0.3 is 15.2 Å². The lowest BCUT2D eigenvalue weighted by Crippen LogP contribution is -2.33. The van der Waals surface area contributed by atoms with Crippen LogP contribution in [0.15, 0.2) is 12.1 Å². The molecule has 2 aliphatic rings. The fourth-order valence-corrected chi connectivity index (χ4v) is 3.70. The zero-order valence-corrected chi connectivity index (χ0v) is 12.7. The third kappa shape index (κ3) is 3.26. The number of carbonyl (C=O) groups is 1. The fraction of sp³-hybridized carbons (Fsp3) is 0.562. The normalized spacial score (nSPS) is 21.7. The van der Waals surface area contributed by atoms with Gasteiger partial charge in [0.2, 0.25) is 0 Å². The summed E-state index contributed by atoms with van der Waals surface area (Å²) in [7, 11) is 0. The van der Waals surface area contributed by atoms with Gasteiger partial charge in [-0.2, -0.15) is 0 Å². The Labute approximate surface area is 129 Å². The van der Waals surface area contributed by atoms with Gasteiger partial charge in [-0.3, -0.25) is 0 Å². The lowest BCUT2D eigenvalue weighted by atomic mass is 9.83. The predicted molar refractivity (Wildman–Crippen MR) is 81.4 cm³/mol. The molecule has 114 valence electrons. The Hall–Kier alpha value is -1.42. The van der Waals surface area contributed by atoms with Gasteiger partial charge in [0.05, 0.1) is 6.54 Å². The number of carboxylic acid groups (broad SMARTS) is 1. The molecule has 1 aliphatic carbocycles. The van der Waals surface area contributed by atoms with E-state index in [-0.39, 0.29) is 6.10 Å². The summed E-state index contributed by atoms with van der Waals surface area (Å²) in [4.78, 5) is 10.6. The lowest BCUT2D eigenvalue weighted by Gasteiger charge is -2.24. The van der Waals surface area contributed by atoms with Crippen molar-refractivity contribution < 1.29 is 14.6 Å². The number of rotatable bonds is 3. The Balaban J connectivity index is 1.80. The first-order valence-corrected chi connectivity index (χ1v) is 7.97. The molecule has 0 bridgehead atoms. The minimum Gasteiger partial charge on any atom is -0.488 e. The van der Waals surface area contributed by atoms with Crippen LogP contribution in [0.5, 0.6) is 5.75 Å². The Morgan fingerprint density at radius 1 is 1.33 bits per heavy atom. The van der Waals surface area contributed by atoms with E-state index in [1.165, 1.54) is 37.7 Å². The van der Waals surface area contributed by atoms with Gasteiger partial charge in [-0.25, -0.2) is 4.79 Å². The molecule has 1 unspecified atom stereocenters. The van der Waals surface area contributed by atoms with Crippen molar-refractivity contribution in [2.75, 3.05) is 6.54 Å². The highest BCUT2D eigenvalue weighted by Crippen LogP contribution is 2.43. The van der Waals surface area contributed by atoms with Crippen LogP contribution >= 0.6 is 11.6 Å². The zero-order valence-electron chi connectivity index (χ0n) is 11.9. The van der Waals surface area contributed by atoms with E-state index in [0.717, 1.165) is 22.8 Å². The number of ether oxygens (including phenoxy) is 1. The van der Waals surface area contributed by atoms with E-state index in [1.54, 1.807) is 0 Å². The standard InChI is InChI=1S/C16H20ClNO3/c17-12-6-11-7-13(9-18-16(19)20)21-15(11)14(8-12)10-4-2-1-3-5-10/h6,8,10,13,18H,1-5,7,9H2,(H,19,20). The number of hydrogen-bond acceptors (Lipinski definition) is 2. The van der Waals surface area contributed by atoms with Crippen LogP contribution in [-0.2, 0) is 6.42 Å². The molecule has 1 aromatic carbocycles. The lowest BCUT2D eigenvalue weighted by molar-refractivity contribution is 0.180. The molecule has 1 amide bonds. The van der Waals surface area contributed by atoms with Crippen LogP contribution in [0.1, 0.15) is 49.1 Å². The predicted octanol–water partition coefficient (Wildman–Crippen LogP) is 3.96. The molecular weight excluding hydrogens is 290 g/mol. The number of nitrogens with one attached hydrogen (secondary N) is 1. The summed E-state index contributed by atoms with van der Waals surface area (Å²) in [6.07, 6.45) is 5.78. The molecule has 1 saturated carbocycles. The van der Waals surface area contributed by atoms with Crippen LogP contribution in [0.4, 0.5) is 4.79 Å². The van der Waals surface area contributed by atoms with Crippen molar-refractivity contribution in [3.63, 3.8) is 0 Å². The molecule has 1 fully saturated rings. The fourth-order valence-electron chi connectivity index (χ4n) is 3.45. The van der Waals surface area contributed by atoms with E-state index in [2.05, 4.69) is 5.32 Å². The van der Waals surface area contributed by atoms with Gasteiger partial charge in [0.25, 0.3) is 0 Å². The summed E-state index contributed by atoms with van der Waals surface area (Å²) in [6, 6.07) is 3.98. The van der Waals surface area contributed by atoms with Gasteiger partial charge >= 0.3 is 6.09 Å². The molecule has 0 saturated heterocycles. The summed E-state index contributed by atoms with van der Waals surface area (Å²) in [5.74, 6) is 1.47. The van der Waals surface area contributed by atoms with Crippen LogP contribution in [0.3, 0.4) is 0 Å². The van der Waals surface area contributed by atoms with E-state index in [9.17, 15) is 4.79 Å². The Kier molecular flexibility index (Phi) is 4.24. The summed E-state index contributed by atoms with van der Waals surface area (Å²) < 4.78 is 6.01. The number of hydrogen-bond donors (Lipinski definition) is 2. The molecule has 1 atom stereocenters. The van der Waals surface area contributed by atoms with Gasteiger partial charge in [-0.15, -0.1) is 0 Å². The number of halogens is 1. The smallest absolute Gasteiger partial charge is 0.404 e. The molecule has 0 spiro atoms. The topological polar surface area (TPSA) is 58.6 Å². The van der Waals surface area contributed by atoms with Gasteiger partial charge in [-0.05, 0) is 42.0 Å². The Bertz CT molecular complexity index is 541. The van der Waals surface area contributed by atoms with Crippen LogP contribution in [0.25, 0.3) is 0 Å². The van der Waals surface area contributed by atoms with Crippen molar-refractivity contribution in [2.45, 2.75) is 50.5 Å². The maximum Gasteiger partial charge on any atom is 0.404 e. The maximum atomic E-state index is 10.6. The SMILES string of the molecule is O=C(O)NCC1Cc2cc(Cl)cc(C3CCCCC3)c2O1. The highest BCUT2D eigenvalue weighted by molar-refractivity contribution is 6.30. The minimum absolute atomic E-state index is 0.128. The van der Waals surface area contributed by atoms with E-state index >= 15 is 0 Å². The average molecular weight is 310 g/mol. The second kappa shape index (κ2) is 6.14. The molecule has 5 heteroatoms. The first kappa shape index (κ1) is 14.5. The molecule has 4 nitrogen and oxygen atoms in total. The molecule has 0 radical (unpaired) electrons. The molecular formula is C16H20ClNO3. The first-order chi connectivity index (χ1) is 10.1. The highest BCUT2D eigenvalue weighted by Gasteiger charge is 2.29. The van der Waals surface area contributed by atoms with E-state index in [0.29, 0.717) is 12.5 Å². The third-order valence-electron chi connectivity index (χ3n) is 4.42. The molecule has 1 heterocycles. The Morgan fingerprint density at radius 3 is 2.81 bits per heavy atom. The Morgan fingerprint density at radius 2 is 2.10 bits per heavy atom. The molecule has 0 aromatic heterocycles. The van der Waals surface area contributed by atoms with Crippen molar-refractivity contribution in [1.29, 1.82) is 0 Å². The van der Waals surface area contributed by atoms with Crippen molar-refractivity contribution in [1.82, 2.24) is 5.32 Å². The minimum atomic E-state index is -1.01. The zero-order chi connectivity index (χ0) is 14.8. The highest BCUT2D eigenvalue weighted by atomic mass is 35.5. The summed E-state index contributed by atoms with van der Waals surface area (Å²) >= 11 is 6.26. The third-order valence-corrected chi connectivity index (χ3v) is 4.64. The van der Waals surface area contributed by atoms with E-state index in [4.69, 9.17) is 21.4 Å². The second-order valence-electron chi connectivity index (χ2n) is 5.95. The van der Waals surface area contributed by atoms with Gasteiger partial charge in [0, 0.05) is 11.4 Å². The molecule has 1 aliphatic heterocycles. The molecule has 21 heavy (non-hydrogen) atoms. The van der Waals surface area contributed by atoms with E-state index in [1.807, 2.05) is 12.1 Å². The molecule has 3 rings (SSSR count). The van der Waals surface area contributed by atoms with Crippen molar-refractivity contribution in [3.8, 4) is 5.75 Å². The summed E-state index contributed by atoms with van der Waals surface area (Å²) in [5.41, 5.74) is 2.33. The van der Waals surface area contributed by atoms with Crippen LogP contribution in [-0.4, -0.2) is 23.8 Å². The largest absolute Gasteiger partial charge is 0.488 e. The summed E-state index contributed by atoms with van der Waals surface area (Å²) in [6.45, 7) is 0.311. The second-order valence-corrected chi connectivity index (χ2v) is 6.38. The monoisotopic (exact) mass is 309 g/mol. The van der Waals surface area contributed by atoms with Crippen molar-refractivity contribution in [2.24, 2.45) is 0 Å². The summed E-state index contributed by atoms with van der Waals surface area (Å²) in [5, 5.41) is 11.9. The number of benzene rings is 1. The molecule has 2 N–H and O–H groups in total. The van der Waals surface area contributed by atoms with Gasteiger partial charge in [-0.1, -0.05) is 30.9 Å². The maximum absolute atomic E-state index is 10.6. The molecule has 1 aromatic rings. The van der Waals surface area contributed by atoms with Crippen molar-refractivity contribution in [3.05, 3.63) is 28.3 Å². The van der Waals surface area contributed by atoms with Gasteiger partial charge in [0.15, 0.2) is 0 Å². The van der Waals surface area contributed by atoms with Crippen molar-refractivity contribution >= 4 is 17.7 Å².